The van der Waals surface area contributed by atoms with Gasteiger partial charge in [0, 0.05) is 0 Å². The summed E-state index contributed by atoms with van der Waals surface area (Å²) in [5.41, 5.74) is 5.67. The zero-order chi connectivity index (χ0) is 13.1. The molecule has 1 aromatic rings. The number of thiocarbonyl (C=S) groups is 1. The average molecular weight is 269 g/mol. The standard InChI is InChI=1S/C13H16FNO2S/c1-8-5-6-9(17-8)7-16-11-4-2-3-10(14)12(11)13(15)18/h2-4,8-9H,5-7H2,1H3,(H2,15,18). The minimum absolute atomic E-state index is 0.00353. The van der Waals surface area contributed by atoms with E-state index in [-0.39, 0.29) is 22.8 Å². The Labute approximate surface area is 111 Å². The van der Waals surface area contributed by atoms with Crippen LogP contribution >= 0.6 is 12.2 Å². The van der Waals surface area contributed by atoms with E-state index in [0.717, 1.165) is 12.8 Å². The van der Waals surface area contributed by atoms with Crippen LogP contribution in [0.4, 0.5) is 4.39 Å². The van der Waals surface area contributed by atoms with E-state index in [1.54, 1.807) is 12.1 Å². The van der Waals surface area contributed by atoms with E-state index < -0.39 is 5.82 Å². The summed E-state index contributed by atoms with van der Waals surface area (Å²) in [5, 5.41) is 0. The summed E-state index contributed by atoms with van der Waals surface area (Å²) in [6, 6.07) is 4.55. The van der Waals surface area contributed by atoms with Crippen molar-refractivity contribution in [3.05, 3.63) is 29.6 Å². The minimum atomic E-state index is -0.458. The predicted octanol–water partition coefficient (Wildman–Crippen LogP) is 2.41. The number of hydrogen-bond acceptors (Lipinski definition) is 3. The topological polar surface area (TPSA) is 44.5 Å². The van der Waals surface area contributed by atoms with Crippen LogP contribution in [0.25, 0.3) is 0 Å². The summed E-state index contributed by atoms with van der Waals surface area (Å²) in [5.74, 6) is -0.0774. The molecule has 98 valence electrons. The molecule has 1 aliphatic heterocycles. The van der Waals surface area contributed by atoms with E-state index in [9.17, 15) is 4.39 Å². The van der Waals surface area contributed by atoms with Crippen LogP contribution in [-0.4, -0.2) is 23.8 Å². The SMILES string of the molecule is CC1CCC(COc2cccc(F)c2C(N)=S)O1. The Morgan fingerprint density at radius 1 is 1.56 bits per heavy atom. The molecule has 5 heteroatoms. The Bertz CT molecular complexity index is 453. The normalized spacial score (nSPS) is 23.0. The molecule has 1 fully saturated rings. The largest absolute Gasteiger partial charge is 0.490 e. The lowest BCUT2D eigenvalue weighted by Gasteiger charge is -2.15. The van der Waals surface area contributed by atoms with Crippen LogP contribution in [0, 0.1) is 5.82 Å². The first kappa shape index (κ1) is 13.2. The third-order valence-corrected chi connectivity index (χ3v) is 3.17. The second-order valence-electron chi connectivity index (χ2n) is 4.43. The van der Waals surface area contributed by atoms with Crippen molar-refractivity contribution in [3.63, 3.8) is 0 Å². The fraction of sp³-hybridized carbons (Fsp3) is 0.462. The van der Waals surface area contributed by atoms with Gasteiger partial charge in [-0.15, -0.1) is 0 Å². The van der Waals surface area contributed by atoms with Crippen molar-refractivity contribution in [1.82, 2.24) is 0 Å². The van der Waals surface area contributed by atoms with Crippen molar-refractivity contribution in [2.24, 2.45) is 5.73 Å². The monoisotopic (exact) mass is 269 g/mol. The van der Waals surface area contributed by atoms with Crippen molar-refractivity contribution >= 4 is 17.2 Å². The molecule has 1 heterocycles. The van der Waals surface area contributed by atoms with Gasteiger partial charge in [-0.1, -0.05) is 18.3 Å². The summed E-state index contributed by atoms with van der Waals surface area (Å²) >= 11 is 4.83. The van der Waals surface area contributed by atoms with Gasteiger partial charge in [-0.25, -0.2) is 4.39 Å². The van der Waals surface area contributed by atoms with Gasteiger partial charge in [0.1, 0.15) is 23.2 Å². The van der Waals surface area contributed by atoms with Crippen LogP contribution in [0.15, 0.2) is 18.2 Å². The quantitative estimate of drug-likeness (QED) is 0.853. The van der Waals surface area contributed by atoms with Crippen molar-refractivity contribution in [2.75, 3.05) is 6.61 Å². The van der Waals surface area contributed by atoms with Gasteiger partial charge in [0.25, 0.3) is 0 Å². The molecule has 2 N–H and O–H groups in total. The third kappa shape index (κ3) is 2.97. The van der Waals surface area contributed by atoms with Crippen LogP contribution in [-0.2, 0) is 4.74 Å². The number of halogens is 1. The molecule has 0 aliphatic carbocycles. The number of benzene rings is 1. The molecule has 0 bridgehead atoms. The van der Waals surface area contributed by atoms with Gasteiger partial charge < -0.3 is 15.2 Å². The summed E-state index contributed by atoms with van der Waals surface area (Å²) in [4.78, 5) is 0.00353. The summed E-state index contributed by atoms with van der Waals surface area (Å²) in [6.07, 6.45) is 2.31. The smallest absolute Gasteiger partial charge is 0.137 e. The zero-order valence-corrected chi connectivity index (χ0v) is 11.0. The average Bonchev–Trinajstić information content (AvgIpc) is 2.72. The number of nitrogens with two attached hydrogens (primary N) is 1. The Morgan fingerprint density at radius 2 is 2.33 bits per heavy atom. The minimum Gasteiger partial charge on any atom is -0.490 e. The highest BCUT2D eigenvalue weighted by Gasteiger charge is 2.23. The molecule has 0 spiro atoms. The predicted molar refractivity (Wildman–Crippen MR) is 71.4 cm³/mol. The maximum atomic E-state index is 13.6. The van der Waals surface area contributed by atoms with Gasteiger partial charge in [0.05, 0.1) is 17.8 Å². The van der Waals surface area contributed by atoms with Crippen LogP contribution in [0.2, 0.25) is 0 Å². The van der Waals surface area contributed by atoms with Gasteiger partial charge in [0.2, 0.25) is 0 Å². The van der Waals surface area contributed by atoms with E-state index in [4.69, 9.17) is 27.4 Å². The molecule has 18 heavy (non-hydrogen) atoms. The van der Waals surface area contributed by atoms with Crippen LogP contribution < -0.4 is 10.5 Å². The van der Waals surface area contributed by atoms with Crippen LogP contribution in [0.3, 0.4) is 0 Å². The van der Waals surface area contributed by atoms with E-state index in [0.29, 0.717) is 12.4 Å². The van der Waals surface area contributed by atoms with Gasteiger partial charge in [-0.05, 0) is 31.9 Å². The second kappa shape index (κ2) is 5.63. The Hall–Kier alpha value is -1.20. The van der Waals surface area contributed by atoms with E-state index in [1.807, 2.05) is 6.92 Å². The molecular formula is C13H16FNO2S. The number of rotatable bonds is 4. The highest BCUT2D eigenvalue weighted by atomic mass is 32.1. The fourth-order valence-corrected chi connectivity index (χ4v) is 2.25. The number of hydrogen-bond donors (Lipinski definition) is 1. The molecule has 0 amide bonds. The molecular weight excluding hydrogens is 253 g/mol. The van der Waals surface area contributed by atoms with Gasteiger partial charge >= 0.3 is 0 Å². The Balaban J connectivity index is 2.05. The van der Waals surface area contributed by atoms with Crippen LogP contribution in [0.1, 0.15) is 25.3 Å². The Kier molecular flexibility index (Phi) is 4.14. The number of ether oxygens (including phenoxy) is 2. The summed E-state index contributed by atoms with van der Waals surface area (Å²) in [6.45, 7) is 2.42. The van der Waals surface area contributed by atoms with Crippen molar-refractivity contribution < 1.29 is 13.9 Å². The molecule has 1 saturated heterocycles. The van der Waals surface area contributed by atoms with E-state index in [1.165, 1.54) is 6.07 Å². The first-order chi connectivity index (χ1) is 8.58. The van der Waals surface area contributed by atoms with Gasteiger partial charge in [0.15, 0.2) is 0 Å². The lowest BCUT2D eigenvalue weighted by molar-refractivity contribution is 0.0263. The molecule has 3 nitrogen and oxygen atoms in total. The van der Waals surface area contributed by atoms with E-state index in [2.05, 4.69) is 0 Å². The Morgan fingerprint density at radius 3 is 2.94 bits per heavy atom. The lowest BCUT2D eigenvalue weighted by Crippen LogP contribution is -2.20. The summed E-state index contributed by atoms with van der Waals surface area (Å²) < 4.78 is 24.8. The first-order valence-corrected chi connectivity index (χ1v) is 6.35. The molecule has 0 aromatic heterocycles. The molecule has 0 radical (unpaired) electrons. The van der Waals surface area contributed by atoms with Crippen molar-refractivity contribution in [1.29, 1.82) is 0 Å². The zero-order valence-electron chi connectivity index (χ0n) is 10.2. The molecule has 1 aromatic carbocycles. The highest BCUT2D eigenvalue weighted by Crippen LogP contribution is 2.24. The van der Waals surface area contributed by atoms with Crippen molar-refractivity contribution in [3.8, 4) is 5.75 Å². The summed E-state index contributed by atoms with van der Waals surface area (Å²) in [7, 11) is 0. The lowest BCUT2D eigenvalue weighted by atomic mass is 10.2. The third-order valence-electron chi connectivity index (χ3n) is 2.97. The molecule has 2 unspecified atom stereocenters. The maximum Gasteiger partial charge on any atom is 0.137 e. The second-order valence-corrected chi connectivity index (χ2v) is 4.87. The van der Waals surface area contributed by atoms with Gasteiger partial charge in [-0.2, -0.15) is 0 Å². The van der Waals surface area contributed by atoms with E-state index >= 15 is 0 Å². The van der Waals surface area contributed by atoms with Crippen molar-refractivity contribution in [2.45, 2.75) is 32.0 Å². The highest BCUT2D eigenvalue weighted by molar-refractivity contribution is 7.80. The molecule has 0 saturated carbocycles. The molecule has 2 atom stereocenters. The fourth-order valence-electron chi connectivity index (χ4n) is 2.05. The molecule has 1 aliphatic rings. The van der Waals surface area contributed by atoms with Crippen LogP contribution in [0.5, 0.6) is 5.75 Å². The maximum absolute atomic E-state index is 13.6. The first-order valence-electron chi connectivity index (χ1n) is 5.94. The van der Waals surface area contributed by atoms with Gasteiger partial charge in [-0.3, -0.25) is 0 Å². The molecule has 2 rings (SSSR count).